The first-order valence-electron chi connectivity index (χ1n) is 10.0. The van der Waals surface area contributed by atoms with Gasteiger partial charge in [0.25, 0.3) is 0 Å². The molecule has 0 fully saturated rings. The molecule has 0 aromatic heterocycles. The van der Waals surface area contributed by atoms with Crippen molar-refractivity contribution in [3.63, 3.8) is 0 Å². The Labute approximate surface area is 194 Å². The minimum Gasteiger partial charge on any atom is -0.481 e. The Morgan fingerprint density at radius 2 is 1.48 bits per heavy atom. The molecule has 0 radical (unpaired) electrons. The van der Waals surface area contributed by atoms with Crippen molar-refractivity contribution in [2.24, 2.45) is 11.7 Å². The summed E-state index contributed by atoms with van der Waals surface area (Å²) in [5, 5.41) is 9.66. The molecule has 3 N–H and O–H groups in total. The number of benzene rings is 3. The molecule has 0 saturated carbocycles. The largest absolute Gasteiger partial charge is 0.481 e. The molecule has 0 saturated heterocycles. The van der Waals surface area contributed by atoms with Crippen molar-refractivity contribution in [3.05, 3.63) is 93.1 Å². The highest BCUT2D eigenvalue weighted by atomic mass is 127. The lowest BCUT2D eigenvalue weighted by atomic mass is 9.94. The maximum Gasteiger partial charge on any atom is 0.321 e. The molecule has 2 atom stereocenters. The van der Waals surface area contributed by atoms with Crippen LogP contribution in [0, 0.1) is 9.49 Å². The quantitative estimate of drug-likeness (QED) is 0.273. The summed E-state index contributed by atoms with van der Waals surface area (Å²) in [6.45, 7) is 0.0763. The van der Waals surface area contributed by atoms with E-state index in [4.69, 9.17) is 10.5 Å². The molecule has 2 unspecified atom stereocenters. The molecule has 1 aliphatic rings. The number of hydrogen-bond acceptors (Lipinski definition) is 4. The summed E-state index contributed by atoms with van der Waals surface area (Å²) in [6.07, 6.45) is 0.276. The number of carbonyl (C=O) groups excluding carboxylic acids is 1. The highest BCUT2D eigenvalue weighted by Crippen LogP contribution is 2.44. The first kappa shape index (κ1) is 21.5. The monoisotopic (exact) mass is 527 g/mol. The molecule has 31 heavy (non-hydrogen) atoms. The highest BCUT2D eigenvalue weighted by molar-refractivity contribution is 14.1. The Hall–Kier alpha value is -2.71. The topological polar surface area (TPSA) is 89.6 Å². The van der Waals surface area contributed by atoms with E-state index >= 15 is 0 Å². The molecule has 1 aliphatic carbocycles. The van der Waals surface area contributed by atoms with Crippen molar-refractivity contribution in [3.8, 4) is 11.1 Å². The second-order valence-electron chi connectivity index (χ2n) is 7.67. The first-order chi connectivity index (χ1) is 15.0. The van der Waals surface area contributed by atoms with Crippen LogP contribution >= 0.6 is 22.6 Å². The molecule has 3 aromatic carbocycles. The number of hydrogen-bond donors (Lipinski definition) is 2. The van der Waals surface area contributed by atoms with E-state index in [9.17, 15) is 14.7 Å². The van der Waals surface area contributed by atoms with Gasteiger partial charge in [0.1, 0.15) is 6.61 Å². The van der Waals surface area contributed by atoms with Crippen molar-refractivity contribution in [2.75, 3.05) is 6.61 Å². The van der Waals surface area contributed by atoms with Crippen LogP contribution in [-0.4, -0.2) is 29.7 Å². The van der Waals surface area contributed by atoms with E-state index in [1.54, 1.807) is 0 Å². The van der Waals surface area contributed by atoms with E-state index in [0.717, 1.165) is 31.4 Å². The number of nitrogens with two attached hydrogens (primary N) is 1. The number of carboxylic acids is 1. The van der Waals surface area contributed by atoms with Gasteiger partial charge in [-0.25, -0.2) is 0 Å². The minimum absolute atomic E-state index is 0.0763. The van der Waals surface area contributed by atoms with Gasteiger partial charge in [0, 0.05) is 15.5 Å². The summed E-state index contributed by atoms with van der Waals surface area (Å²) in [7, 11) is 0. The lowest BCUT2D eigenvalue weighted by Gasteiger charge is -2.21. The van der Waals surface area contributed by atoms with Crippen LogP contribution in [0.1, 0.15) is 22.6 Å². The number of carboxylic acid groups (broad SMARTS) is 1. The number of esters is 1. The maximum absolute atomic E-state index is 12.8. The van der Waals surface area contributed by atoms with Crippen LogP contribution in [0.25, 0.3) is 11.1 Å². The third kappa shape index (κ3) is 4.50. The Bertz CT molecular complexity index is 1070. The van der Waals surface area contributed by atoms with E-state index in [0.29, 0.717) is 0 Å². The molecule has 0 bridgehead atoms. The number of carbonyl (C=O) groups is 2. The molecule has 0 aliphatic heterocycles. The summed E-state index contributed by atoms with van der Waals surface area (Å²) in [4.78, 5) is 24.6. The van der Waals surface area contributed by atoms with E-state index in [1.165, 1.54) is 0 Å². The SMILES string of the molecule is NC(Cc1ccc(I)cc1)C(C(=O)O)C(=O)OCC1c2ccccc2-c2ccccc21. The third-order valence-electron chi connectivity index (χ3n) is 5.69. The van der Waals surface area contributed by atoms with Crippen molar-refractivity contribution in [1.82, 2.24) is 0 Å². The van der Waals surface area contributed by atoms with E-state index in [1.807, 2.05) is 72.8 Å². The van der Waals surface area contributed by atoms with Gasteiger partial charge in [-0.2, -0.15) is 0 Å². The zero-order valence-corrected chi connectivity index (χ0v) is 18.9. The van der Waals surface area contributed by atoms with E-state index < -0.39 is 23.9 Å². The predicted octanol–water partition coefficient (Wildman–Crippen LogP) is 4.22. The van der Waals surface area contributed by atoms with Crippen LogP contribution in [0.15, 0.2) is 72.8 Å². The standard InChI is InChI=1S/C25H22INO4/c26-16-11-9-15(10-12-16)13-22(27)23(24(28)29)25(30)31-14-21-19-7-3-1-5-17(19)18-6-2-4-8-20(18)21/h1-12,21-23H,13-14,27H2,(H,28,29). The normalized spacial score (nSPS) is 14.4. The summed E-state index contributed by atoms with van der Waals surface area (Å²) < 4.78 is 6.61. The smallest absolute Gasteiger partial charge is 0.321 e. The van der Waals surface area contributed by atoms with Gasteiger partial charge in [-0.05, 0) is 69.0 Å². The highest BCUT2D eigenvalue weighted by Gasteiger charge is 2.36. The van der Waals surface area contributed by atoms with Gasteiger partial charge in [-0.1, -0.05) is 60.7 Å². The van der Waals surface area contributed by atoms with Crippen LogP contribution in [0.5, 0.6) is 0 Å². The Balaban J connectivity index is 1.49. The first-order valence-corrected chi connectivity index (χ1v) is 11.1. The van der Waals surface area contributed by atoms with Crippen LogP contribution in [0.3, 0.4) is 0 Å². The predicted molar refractivity (Wildman–Crippen MR) is 127 cm³/mol. The van der Waals surface area contributed by atoms with Crippen molar-refractivity contribution in [2.45, 2.75) is 18.4 Å². The lowest BCUT2D eigenvalue weighted by Crippen LogP contribution is -2.43. The molecule has 158 valence electrons. The number of halogens is 1. The van der Waals surface area contributed by atoms with Gasteiger partial charge in [0.2, 0.25) is 0 Å². The van der Waals surface area contributed by atoms with E-state index in [2.05, 4.69) is 22.6 Å². The molecule has 3 aromatic rings. The van der Waals surface area contributed by atoms with E-state index in [-0.39, 0.29) is 18.9 Å². The zero-order valence-electron chi connectivity index (χ0n) is 16.7. The molecular weight excluding hydrogens is 505 g/mol. The van der Waals surface area contributed by atoms with Gasteiger partial charge in [0.05, 0.1) is 0 Å². The average Bonchev–Trinajstić information content (AvgIpc) is 3.07. The molecule has 5 nitrogen and oxygen atoms in total. The summed E-state index contributed by atoms with van der Waals surface area (Å²) in [5.41, 5.74) is 11.4. The van der Waals surface area contributed by atoms with Crippen LogP contribution in [0.2, 0.25) is 0 Å². The number of rotatable bonds is 7. The number of ether oxygens (including phenoxy) is 1. The Morgan fingerprint density at radius 3 is 2.03 bits per heavy atom. The maximum atomic E-state index is 12.8. The second-order valence-corrected chi connectivity index (χ2v) is 8.91. The number of fused-ring (bicyclic) bond motifs is 3. The van der Waals surface area contributed by atoms with Crippen molar-refractivity contribution < 1.29 is 19.4 Å². The molecule has 4 rings (SSSR count). The minimum atomic E-state index is -1.42. The summed E-state index contributed by atoms with van der Waals surface area (Å²) in [5.74, 6) is -3.62. The fourth-order valence-electron chi connectivity index (χ4n) is 4.16. The summed E-state index contributed by atoms with van der Waals surface area (Å²) >= 11 is 2.20. The van der Waals surface area contributed by atoms with Crippen molar-refractivity contribution >= 4 is 34.5 Å². The van der Waals surface area contributed by atoms with Crippen LogP contribution in [-0.2, 0) is 20.7 Å². The third-order valence-corrected chi connectivity index (χ3v) is 6.41. The van der Waals surface area contributed by atoms with Gasteiger partial charge < -0.3 is 15.6 Å². The second kappa shape index (κ2) is 9.20. The Morgan fingerprint density at radius 1 is 0.935 bits per heavy atom. The molecule has 0 spiro atoms. The van der Waals surface area contributed by atoms with Crippen molar-refractivity contribution in [1.29, 1.82) is 0 Å². The van der Waals surface area contributed by atoms with Gasteiger partial charge in [-0.15, -0.1) is 0 Å². The molecule has 0 amide bonds. The number of aliphatic carboxylic acids is 1. The summed E-state index contributed by atoms with van der Waals surface area (Å²) in [6, 6.07) is 22.7. The van der Waals surface area contributed by atoms with Gasteiger partial charge in [0.15, 0.2) is 5.92 Å². The molecular formula is C25H22INO4. The molecule has 0 heterocycles. The van der Waals surface area contributed by atoms with Gasteiger partial charge in [-0.3, -0.25) is 9.59 Å². The Kier molecular flexibility index (Phi) is 6.38. The molecule has 6 heteroatoms. The van der Waals surface area contributed by atoms with Crippen LogP contribution in [0.4, 0.5) is 0 Å². The fourth-order valence-corrected chi connectivity index (χ4v) is 4.52. The van der Waals surface area contributed by atoms with Crippen LogP contribution < -0.4 is 5.73 Å². The average molecular weight is 527 g/mol. The lowest BCUT2D eigenvalue weighted by molar-refractivity contribution is -0.159. The zero-order chi connectivity index (χ0) is 22.0. The fraction of sp³-hybridized carbons (Fsp3) is 0.200. The van der Waals surface area contributed by atoms with Gasteiger partial charge >= 0.3 is 11.9 Å².